The minimum absolute atomic E-state index is 0.0543. The molecule has 0 atom stereocenters. The molecule has 0 saturated heterocycles. The summed E-state index contributed by atoms with van der Waals surface area (Å²) in [5.41, 5.74) is 0.773. The maximum absolute atomic E-state index is 13.4. The summed E-state index contributed by atoms with van der Waals surface area (Å²) in [6.07, 6.45) is 1.87. The minimum Gasteiger partial charge on any atom is -0.496 e. The highest BCUT2D eigenvalue weighted by Gasteiger charge is 2.48. The molecular weight excluding hydrogens is 462 g/mol. The predicted octanol–water partition coefficient (Wildman–Crippen LogP) is 6.26. The topological polar surface area (TPSA) is 109 Å². The van der Waals surface area contributed by atoms with Gasteiger partial charge in [0, 0.05) is 49.0 Å². The number of furan rings is 1. The number of nitro benzene ring substituents is 1. The molecule has 0 radical (unpaired) electrons. The summed E-state index contributed by atoms with van der Waals surface area (Å²) < 4.78 is 18.0. The van der Waals surface area contributed by atoms with E-state index in [0.717, 1.165) is 0 Å². The number of allylic oxidation sites excluding steroid dienone is 4. The van der Waals surface area contributed by atoms with Crippen LogP contribution in [0.25, 0.3) is 11.3 Å². The van der Waals surface area contributed by atoms with Crippen LogP contribution in [0.2, 0.25) is 0 Å². The number of nitro groups is 1. The number of carbonyl (C=O) groups is 2. The molecule has 1 aromatic carbocycles. The third kappa shape index (κ3) is 4.04. The van der Waals surface area contributed by atoms with Crippen molar-refractivity contribution >= 4 is 17.3 Å². The zero-order valence-corrected chi connectivity index (χ0v) is 21.1. The van der Waals surface area contributed by atoms with Gasteiger partial charge >= 0.3 is 0 Å². The molecule has 0 spiro atoms. The summed E-state index contributed by atoms with van der Waals surface area (Å²) in [4.78, 5) is 37.7. The largest absolute Gasteiger partial charge is 0.496 e. The molecule has 8 heteroatoms. The smallest absolute Gasteiger partial charge is 0.270 e. The van der Waals surface area contributed by atoms with E-state index in [9.17, 15) is 19.7 Å². The van der Waals surface area contributed by atoms with E-state index < -0.39 is 10.8 Å². The van der Waals surface area contributed by atoms with Gasteiger partial charge in [-0.2, -0.15) is 0 Å². The number of carbonyl (C=O) groups excluding carboxylic acids is 2. The van der Waals surface area contributed by atoms with Gasteiger partial charge in [0.25, 0.3) is 5.69 Å². The molecule has 2 aliphatic carbocycles. The standard InChI is InChI=1S/C28H29NO7/c1-27(2)11-17(30)24-22(13-27)36-23-14-28(3,4)12-18(31)25(23)26(24)21-9-8-20(35-21)16-10-15(29(32)33)6-7-19(16)34-5/h6-10,26H,11-14H2,1-5H3. The van der Waals surface area contributed by atoms with E-state index >= 15 is 0 Å². The van der Waals surface area contributed by atoms with Crippen LogP contribution in [0.1, 0.15) is 65.1 Å². The van der Waals surface area contributed by atoms with Gasteiger partial charge in [0.2, 0.25) is 0 Å². The molecule has 5 rings (SSSR count). The van der Waals surface area contributed by atoms with Crippen LogP contribution in [-0.2, 0) is 14.3 Å². The molecule has 0 unspecified atom stereocenters. The van der Waals surface area contributed by atoms with Crippen LogP contribution in [0.4, 0.5) is 5.69 Å². The molecule has 0 bridgehead atoms. The van der Waals surface area contributed by atoms with E-state index in [-0.39, 0.29) is 28.1 Å². The first-order valence-corrected chi connectivity index (χ1v) is 12.0. The van der Waals surface area contributed by atoms with Crippen molar-refractivity contribution < 1.29 is 28.4 Å². The molecule has 1 aliphatic heterocycles. The average Bonchev–Trinajstić information content (AvgIpc) is 3.25. The van der Waals surface area contributed by atoms with Gasteiger partial charge in [-0.15, -0.1) is 0 Å². The number of methoxy groups -OCH3 is 1. The molecule has 3 aliphatic rings. The molecule has 2 aromatic rings. The first-order chi connectivity index (χ1) is 16.9. The van der Waals surface area contributed by atoms with Gasteiger partial charge in [-0.3, -0.25) is 19.7 Å². The van der Waals surface area contributed by atoms with E-state index in [0.29, 0.717) is 71.2 Å². The highest BCUT2D eigenvalue weighted by Crippen LogP contribution is 2.53. The third-order valence-corrected chi connectivity index (χ3v) is 7.15. The lowest BCUT2D eigenvalue weighted by atomic mass is 9.66. The number of non-ortho nitro benzene ring substituents is 1. The van der Waals surface area contributed by atoms with Crippen LogP contribution in [0.5, 0.6) is 5.75 Å². The molecule has 0 fully saturated rings. The highest BCUT2D eigenvalue weighted by molar-refractivity contribution is 6.06. The van der Waals surface area contributed by atoms with Gasteiger partial charge in [0.05, 0.1) is 23.5 Å². The van der Waals surface area contributed by atoms with Crippen LogP contribution >= 0.6 is 0 Å². The molecule has 0 amide bonds. The predicted molar refractivity (Wildman–Crippen MR) is 131 cm³/mol. The molecule has 36 heavy (non-hydrogen) atoms. The maximum atomic E-state index is 13.4. The van der Waals surface area contributed by atoms with Crippen LogP contribution in [0, 0.1) is 20.9 Å². The second-order valence-electron chi connectivity index (χ2n) is 11.4. The third-order valence-electron chi connectivity index (χ3n) is 7.15. The number of ether oxygens (including phenoxy) is 2. The normalized spacial score (nSPS) is 21.1. The Balaban J connectivity index is 1.66. The summed E-state index contributed by atoms with van der Waals surface area (Å²) in [5, 5.41) is 11.4. The Morgan fingerprint density at radius 3 is 2.03 bits per heavy atom. The quantitative estimate of drug-likeness (QED) is 0.366. The van der Waals surface area contributed by atoms with Gasteiger partial charge in [0.15, 0.2) is 11.6 Å². The molecule has 1 aromatic heterocycles. The molecule has 0 saturated carbocycles. The van der Waals surface area contributed by atoms with Crippen LogP contribution < -0.4 is 4.74 Å². The van der Waals surface area contributed by atoms with Gasteiger partial charge in [0.1, 0.15) is 28.8 Å². The lowest BCUT2D eigenvalue weighted by Crippen LogP contribution is -2.37. The van der Waals surface area contributed by atoms with Gasteiger partial charge < -0.3 is 13.9 Å². The SMILES string of the molecule is COc1ccc([N+](=O)[O-])cc1-c1ccc(C2C3=C(CC(C)(C)CC3=O)OC3=C2C(=O)CC(C)(C)C3)o1. The first kappa shape index (κ1) is 24.0. The van der Waals surface area contributed by atoms with Crippen LogP contribution in [0.3, 0.4) is 0 Å². The van der Waals surface area contributed by atoms with Crippen molar-refractivity contribution in [3.8, 4) is 17.1 Å². The number of ketones is 2. The number of rotatable bonds is 4. The Bertz CT molecular complexity index is 1320. The van der Waals surface area contributed by atoms with Crippen LogP contribution in [-0.4, -0.2) is 23.6 Å². The fourth-order valence-electron chi connectivity index (χ4n) is 5.61. The minimum atomic E-state index is -0.672. The van der Waals surface area contributed by atoms with E-state index in [1.54, 1.807) is 12.1 Å². The molecule has 2 heterocycles. The van der Waals surface area contributed by atoms with E-state index in [2.05, 4.69) is 0 Å². The monoisotopic (exact) mass is 491 g/mol. The van der Waals surface area contributed by atoms with E-state index in [1.807, 2.05) is 27.7 Å². The van der Waals surface area contributed by atoms with Gasteiger partial charge in [-0.25, -0.2) is 0 Å². The van der Waals surface area contributed by atoms with Gasteiger partial charge in [-0.1, -0.05) is 27.7 Å². The van der Waals surface area contributed by atoms with Crippen molar-refractivity contribution in [3.63, 3.8) is 0 Å². The van der Waals surface area contributed by atoms with Gasteiger partial charge in [-0.05, 0) is 29.0 Å². The highest BCUT2D eigenvalue weighted by atomic mass is 16.6. The molecule has 8 nitrogen and oxygen atoms in total. The Kier molecular flexibility index (Phi) is 5.46. The fourth-order valence-corrected chi connectivity index (χ4v) is 5.61. The van der Waals surface area contributed by atoms with E-state index in [4.69, 9.17) is 13.9 Å². The lowest BCUT2D eigenvalue weighted by Gasteiger charge is -2.42. The zero-order valence-electron chi connectivity index (χ0n) is 21.1. The van der Waals surface area contributed by atoms with Crippen LogP contribution in [0.15, 0.2) is 57.4 Å². The Hall–Kier alpha value is -3.68. The van der Waals surface area contributed by atoms with Crippen molar-refractivity contribution in [2.75, 3.05) is 7.11 Å². The zero-order chi connectivity index (χ0) is 26.0. The molecule has 0 N–H and O–H groups in total. The first-order valence-electron chi connectivity index (χ1n) is 12.0. The Labute approximate surface area is 209 Å². The Morgan fingerprint density at radius 2 is 1.50 bits per heavy atom. The molecular formula is C28H29NO7. The second-order valence-corrected chi connectivity index (χ2v) is 11.4. The number of benzene rings is 1. The lowest BCUT2D eigenvalue weighted by molar-refractivity contribution is -0.384. The number of hydrogen-bond acceptors (Lipinski definition) is 7. The summed E-state index contributed by atoms with van der Waals surface area (Å²) in [7, 11) is 1.48. The van der Waals surface area contributed by atoms with Crippen molar-refractivity contribution in [2.24, 2.45) is 10.8 Å². The Morgan fingerprint density at radius 1 is 0.917 bits per heavy atom. The summed E-state index contributed by atoms with van der Waals surface area (Å²) in [6, 6.07) is 7.71. The van der Waals surface area contributed by atoms with E-state index in [1.165, 1.54) is 25.3 Å². The number of Topliss-reactive ketones (excluding diaryl/α,β-unsaturated/α-hetero) is 2. The summed E-state index contributed by atoms with van der Waals surface area (Å²) >= 11 is 0. The average molecular weight is 492 g/mol. The summed E-state index contributed by atoms with van der Waals surface area (Å²) in [5.74, 6) is 1.64. The van der Waals surface area contributed by atoms with Crippen molar-refractivity contribution in [3.05, 3.63) is 68.9 Å². The fraction of sp³-hybridized carbons (Fsp3) is 0.429. The second kappa shape index (κ2) is 8.18. The number of nitrogens with zero attached hydrogens (tertiary/aromatic N) is 1. The summed E-state index contributed by atoms with van der Waals surface area (Å²) in [6.45, 7) is 8.14. The van der Waals surface area contributed by atoms with Crippen molar-refractivity contribution in [1.82, 2.24) is 0 Å². The van der Waals surface area contributed by atoms with Crippen molar-refractivity contribution in [2.45, 2.75) is 59.3 Å². The number of hydrogen-bond donors (Lipinski definition) is 0. The maximum Gasteiger partial charge on any atom is 0.270 e. The van der Waals surface area contributed by atoms with Crippen molar-refractivity contribution in [1.29, 1.82) is 0 Å². The molecule has 188 valence electrons.